The van der Waals surface area contributed by atoms with E-state index in [9.17, 15) is 0 Å². The monoisotopic (exact) mass is 251 g/mol. The largest absolute Gasteiger partial charge is 0.331 e. The number of nitrogens with one attached hydrogen (secondary N) is 1. The van der Waals surface area contributed by atoms with Crippen LogP contribution in [-0.4, -0.2) is 34.1 Å². The molecule has 0 aliphatic carbocycles. The molecule has 1 aromatic rings. The number of thioether (sulfide) groups is 1. The molecule has 3 nitrogen and oxygen atoms in total. The highest BCUT2D eigenvalue weighted by molar-refractivity contribution is 7.99. The van der Waals surface area contributed by atoms with Crippen LogP contribution in [0.2, 0.25) is 0 Å². The summed E-state index contributed by atoms with van der Waals surface area (Å²) in [5.74, 6) is 2.61. The first kappa shape index (κ1) is 11.6. The lowest BCUT2D eigenvalue weighted by molar-refractivity contribution is 0.404. The zero-order valence-electron chi connectivity index (χ0n) is 10.5. The average molecular weight is 251 g/mol. The van der Waals surface area contributed by atoms with Crippen molar-refractivity contribution in [1.29, 1.82) is 0 Å². The van der Waals surface area contributed by atoms with E-state index in [2.05, 4.69) is 46.1 Å². The van der Waals surface area contributed by atoms with Crippen molar-refractivity contribution in [3.8, 4) is 0 Å². The first-order chi connectivity index (χ1) is 8.30. The SMILES string of the molecule is CC1(c2cncn2C2CCSCC2)CCNC1. The lowest BCUT2D eigenvalue weighted by atomic mass is 9.86. The second-order valence-electron chi connectivity index (χ2n) is 5.52. The van der Waals surface area contributed by atoms with Crippen LogP contribution in [0.15, 0.2) is 12.5 Å². The molecule has 2 aliphatic heterocycles. The Morgan fingerprint density at radius 3 is 3.00 bits per heavy atom. The van der Waals surface area contributed by atoms with E-state index in [-0.39, 0.29) is 0 Å². The Kier molecular flexibility index (Phi) is 3.17. The fraction of sp³-hybridized carbons (Fsp3) is 0.769. The van der Waals surface area contributed by atoms with Gasteiger partial charge in [-0.05, 0) is 37.3 Å². The van der Waals surface area contributed by atoms with Gasteiger partial charge in [0.2, 0.25) is 0 Å². The molecular formula is C13H21N3S. The number of hydrogen-bond donors (Lipinski definition) is 1. The molecule has 1 aromatic heterocycles. The molecule has 0 spiro atoms. The highest BCUT2D eigenvalue weighted by atomic mass is 32.2. The molecule has 0 radical (unpaired) electrons. The van der Waals surface area contributed by atoms with Crippen LogP contribution < -0.4 is 5.32 Å². The predicted molar refractivity (Wildman–Crippen MR) is 72.7 cm³/mol. The molecule has 2 aliphatic rings. The Morgan fingerprint density at radius 2 is 2.29 bits per heavy atom. The molecular weight excluding hydrogens is 230 g/mol. The topological polar surface area (TPSA) is 29.9 Å². The van der Waals surface area contributed by atoms with Gasteiger partial charge in [-0.2, -0.15) is 11.8 Å². The lowest BCUT2D eigenvalue weighted by Gasteiger charge is -2.30. The van der Waals surface area contributed by atoms with Crippen molar-refractivity contribution in [2.24, 2.45) is 0 Å². The van der Waals surface area contributed by atoms with Crippen LogP contribution in [0, 0.1) is 0 Å². The normalized spacial score (nSPS) is 30.9. The lowest BCUT2D eigenvalue weighted by Crippen LogP contribution is -2.30. The van der Waals surface area contributed by atoms with Crippen LogP contribution in [0.3, 0.4) is 0 Å². The molecule has 1 unspecified atom stereocenters. The summed E-state index contributed by atoms with van der Waals surface area (Å²) in [6.45, 7) is 4.61. The quantitative estimate of drug-likeness (QED) is 0.874. The number of imidazole rings is 1. The summed E-state index contributed by atoms with van der Waals surface area (Å²) >= 11 is 2.09. The van der Waals surface area contributed by atoms with Crippen LogP contribution in [-0.2, 0) is 5.41 Å². The van der Waals surface area contributed by atoms with Crippen molar-refractivity contribution in [2.75, 3.05) is 24.6 Å². The fourth-order valence-corrected chi connectivity index (χ4v) is 4.14. The number of hydrogen-bond acceptors (Lipinski definition) is 3. The van der Waals surface area contributed by atoms with Crippen molar-refractivity contribution in [3.05, 3.63) is 18.2 Å². The smallest absolute Gasteiger partial charge is 0.0951 e. The van der Waals surface area contributed by atoms with Crippen molar-refractivity contribution < 1.29 is 0 Å². The minimum atomic E-state index is 0.293. The average Bonchev–Trinajstić information content (AvgIpc) is 2.99. The minimum absolute atomic E-state index is 0.293. The zero-order valence-corrected chi connectivity index (χ0v) is 11.3. The summed E-state index contributed by atoms with van der Waals surface area (Å²) in [5, 5.41) is 3.49. The molecule has 2 saturated heterocycles. The zero-order chi connectivity index (χ0) is 11.7. The van der Waals surface area contributed by atoms with Gasteiger partial charge < -0.3 is 9.88 Å². The Balaban J connectivity index is 1.87. The third-order valence-corrected chi connectivity index (χ3v) is 5.29. The summed E-state index contributed by atoms with van der Waals surface area (Å²) in [6.07, 6.45) is 7.99. The Hall–Kier alpha value is -0.480. The molecule has 0 bridgehead atoms. The van der Waals surface area contributed by atoms with Crippen molar-refractivity contribution in [2.45, 2.75) is 37.6 Å². The number of nitrogens with zero attached hydrogens (tertiary/aromatic N) is 2. The Labute approximate surface area is 107 Å². The predicted octanol–water partition coefficient (Wildman–Crippen LogP) is 2.20. The summed E-state index contributed by atoms with van der Waals surface area (Å²) in [6, 6.07) is 0.686. The summed E-state index contributed by atoms with van der Waals surface area (Å²) in [7, 11) is 0. The summed E-state index contributed by atoms with van der Waals surface area (Å²) in [4.78, 5) is 4.42. The molecule has 94 valence electrons. The van der Waals surface area contributed by atoms with Crippen LogP contribution in [0.25, 0.3) is 0 Å². The fourth-order valence-electron chi connectivity index (χ4n) is 3.06. The van der Waals surface area contributed by atoms with Crippen molar-refractivity contribution >= 4 is 11.8 Å². The molecule has 17 heavy (non-hydrogen) atoms. The van der Waals surface area contributed by atoms with Crippen LogP contribution in [0.4, 0.5) is 0 Å². The highest BCUT2D eigenvalue weighted by Crippen LogP contribution is 2.35. The molecule has 0 aromatic carbocycles. The molecule has 0 amide bonds. The van der Waals surface area contributed by atoms with Crippen molar-refractivity contribution in [1.82, 2.24) is 14.9 Å². The maximum Gasteiger partial charge on any atom is 0.0951 e. The van der Waals surface area contributed by atoms with E-state index in [0.29, 0.717) is 11.5 Å². The van der Waals surface area contributed by atoms with E-state index in [4.69, 9.17) is 0 Å². The highest BCUT2D eigenvalue weighted by Gasteiger charge is 2.34. The van der Waals surface area contributed by atoms with Crippen LogP contribution in [0.1, 0.15) is 37.9 Å². The first-order valence-corrected chi connectivity index (χ1v) is 7.76. The van der Waals surface area contributed by atoms with Crippen molar-refractivity contribution in [3.63, 3.8) is 0 Å². The van der Waals surface area contributed by atoms with E-state index >= 15 is 0 Å². The number of aromatic nitrogens is 2. The van der Waals surface area contributed by atoms with Crippen LogP contribution in [0.5, 0.6) is 0 Å². The Bertz CT molecular complexity index is 376. The van der Waals surface area contributed by atoms with Crippen LogP contribution >= 0.6 is 11.8 Å². The van der Waals surface area contributed by atoms with E-state index in [0.717, 1.165) is 13.1 Å². The molecule has 1 atom stereocenters. The van der Waals surface area contributed by atoms with E-state index < -0.39 is 0 Å². The first-order valence-electron chi connectivity index (χ1n) is 6.60. The maximum atomic E-state index is 4.42. The van der Waals surface area contributed by atoms with Gasteiger partial charge in [0.1, 0.15) is 0 Å². The van der Waals surface area contributed by atoms with E-state index in [1.807, 2.05) is 0 Å². The number of rotatable bonds is 2. The van der Waals surface area contributed by atoms with Gasteiger partial charge >= 0.3 is 0 Å². The third-order valence-electron chi connectivity index (χ3n) is 4.24. The molecule has 4 heteroatoms. The van der Waals surface area contributed by atoms with E-state index in [1.54, 1.807) is 0 Å². The molecule has 1 N–H and O–H groups in total. The molecule has 0 saturated carbocycles. The van der Waals surface area contributed by atoms with E-state index in [1.165, 1.54) is 36.5 Å². The molecule has 3 heterocycles. The standard InChI is InChI=1S/C13H21N3S/c1-13(4-5-14-9-13)12-8-15-10-16(12)11-2-6-17-7-3-11/h8,10-11,14H,2-7,9H2,1H3. The molecule has 2 fully saturated rings. The minimum Gasteiger partial charge on any atom is -0.331 e. The van der Waals surface area contributed by atoms with Gasteiger partial charge in [0.25, 0.3) is 0 Å². The van der Waals surface area contributed by atoms with Gasteiger partial charge in [0.05, 0.1) is 6.33 Å². The molecule has 3 rings (SSSR count). The maximum absolute atomic E-state index is 4.42. The summed E-state index contributed by atoms with van der Waals surface area (Å²) < 4.78 is 2.46. The second kappa shape index (κ2) is 4.65. The second-order valence-corrected chi connectivity index (χ2v) is 6.74. The van der Waals surface area contributed by atoms with Gasteiger partial charge in [-0.1, -0.05) is 6.92 Å². The van der Waals surface area contributed by atoms with Gasteiger partial charge in [-0.25, -0.2) is 4.98 Å². The van der Waals surface area contributed by atoms with Gasteiger partial charge in [0, 0.05) is 29.9 Å². The van der Waals surface area contributed by atoms with Gasteiger partial charge in [-0.15, -0.1) is 0 Å². The third kappa shape index (κ3) is 2.13. The van der Waals surface area contributed by atoms with Gasteiger partial charge in [-0.3, -0.25) is 0 Å². The van der Waals surface area contributed by atoms with Gasteiger partial charge in [0.15, 0.2) is 0 Å². The Morgan fingerprint density at radius 1 is 1.47 bits per heavy atom. The summed E-state index contributed by atoms with van der Waals surface area (Å²) in [5.41, 5.74) is 1.74.